The third-order valence-corrected chi connectivity index (χ3v) is 6.71. The maximum atomic E-state index is 12.9. The number of ether oxygens (including phenoxy) is 1. The van der Waals surface area contributed by atoms with Crippen LogP contribution in [0, 0.1) is 6.92 Å². The monoisotopic (exact) mass is 456 g/mol. The minimum Gasteiger partial charge on any atom is -0.484 e. The van der Waals surface area contributed by atoms with Crippen molar-refractivity contribution in [1.82, 2.24) is 5.32 Å². The molecule has 0 saturated carbocycles. The molecular formula is C28H28N2O4. The first-order chi connectivity index (χ1) is 16.5. The van der Waals surface area contributed by atoms with Gasteiger partial charge in [-0.25, -0.2) is 0 Å². The molecule has 0 atom stereocenters. The summed E-state index contributed by atoms with van der Waals surface area (Å²) >= 11 is 0. The highest BCUT2D eigenvalue weighted by Crippen LogP contribution is 2.45. The van der Waals surface area contributed by atoms with Crippen molar-refractivity contribution in [3.05, 3.63) is 82.2 Å². The molecule has 1 amide bonds. The van der Waals surface area contributed by atoms with E-state index in [0.29, 0.717) is 18.6 Å². The first kappa shape index (κ1) is 22.1. The van der Waals surface area contributed by atoms with Crippen LogP contribution < -0.4 is 15.4 Å². The standard InChI is InChI=1S/C28H28N2O4/c1-17-8-12-19(13-9-17)29-25(33)16-34-20-14-10-18(11-15-20)26-27-21(4-2-6-23(27)31)30-22-5-3-7-24(32)28(22)26/h8-15,26,30H,2-7,16H2,1H3,(H,29,33). The molecule has 174 valence electrons. The van der Waals surface area contributed by atoms with Crippen LogP contribution in [-0.4, -0.2) is 24.1 Å². The lowest BCUT2D eigenvalue weighted by atomic mass is 9.71. The van der Waals surface area contributed by atoms with Gasteiger partial charge in [0.05, 0.1) is 0 Å². The van der Waals surface area contributed by atoms with Crippen molar-refractivity contribution >= 4 is 23.2 Å². The van der Waals surface area contributed by atoms with E-state index < -0.39 is 0 Å². The topological polar surface area (TPSA) is 84.5 Å². The van der Waals surface area contributed by atoms with Crippen molar-refractivity contribution in [2.24, 2.45) is 0 Å². The molecule has 1 aliphatic heterocycles. The summed E-state index contributed by atoms with van der Waals surface area (Å²) in [6.45, 7) is 1.88. The minimum atomic E-state index is -0.328. The molecule has 0 fully saturated rings. The van der Waals surface area contributed by atoms with Gasteiger partial charge >= 0.3 is 0 Å². The SMILES string of the molecule is Cc1ccc(NC(=O)COc2ccc(C3C4=C(CCCC4=O)NC4=C3C(=O)CCC4)cc2)cc1. The molecule has 0 saturated heterocycles. The number of Topliss-reactive ketones (excluding diaryl/α,β-unsaturated/α-hetero) is 2. The van der Waals surface area contributed by atoms with Gasteiger partial charge in [0, 0.05) is 47.0 Å². The number of carbonyl (C=O) groups excluding carboxylic acids is 3. The molecule has 0 aromatic heterocycles. The predicted octanol–water partition coefficient (Wildman–Crippen LogP) is 4.71. The average Bonchev–Trinajstić information content (AvgIpc) is 2.84. The Morgan fingerprint density at radius 2 is 1.47 bits per heavy atom. The van der Waals surface area contributed by atoms with Gasteiger partial charge < -0.3 is 15.4 Å². The quantitative estimate of drug-likeness (QED) is 0.681. The number of ketones is 2. The molecule has 2 aliphatic carbocycles. The summed E-state index contributed by atoms with van der Waals surface area (Å²) in [6, 6.07) is 15.0. The van der Waals surface area contributed by atoms with Crippen molar-refractivity contribution in [3.8, 4) is 5.75 Å². The number of rotatable bonds is 5. The van der Waals surface area contributed by atoms with E-state index in [-0.39, 0.29) is 30.0 Å². The van der Waals surface area contributed by atoms with Gasteiger partial charge in [-0.1, -0.05) is 29.8 Å². The van der Waals surface area contributed by atoms with E-state index in [1.807, 2.05) is 43.3 Å². The third-order valence-electron chi connectivity index (χ3n) is 6.71. The fourth-order valence-corrected chi connectivity index (χ4v) is 5.06. The Bertz CT molecular complexity index is 1160. The Balaban J connectivity index is 1.33. The zero-order valence-electron chi connectivity index (χ0n) is 19.3. The summed E-state index contributed by atoms with van der Waals surface area (Å²) < 4.78 is 5.68. The van der Waals surface area contributed by atoms with Crippen LogP contribution in [0.1, 0.15) is 55.6 Å². The second kappa shape index (κ2) is 9.29. The van der Waals surface area contributed by atoms with Gasteiger partial charge in [0.25, 0.3) is 5.91 Å². The Morgan fingerprint density at radius 3 is 2.06 bits per heavy atom. The Hall–Kier alpha value is -3.67. The van der Waals surface area contributed by atoms with Crippen molar-refractivity contribution in [3.63, 3.8) is 0 Å². The van der Waals surface area contributed by atoms with E-state index in [2.05, 4.69) is 10.6 Å². The number of allylic oxidation sites excluding steroid dienone is 4. The highest BCUT2D eigenvalue weighted by molar-refractivity contribution is 6.06. The van der Waals surface area contributed by atoms with Crippen molar-refractivity contribution in [1.29, 1.82) is 0 Å². The van der Waals surface area contributed by atoms with Crippen LogP contribution >= 0.6 is 0 Å². The fourth-order valence-electron chi connectivity index (χ4n) is 5.06. The molecule has 0 bridgehead atoms. The van der Waals surface area contributed by atoms with Crippen LogP contribution in [0.15, 0.2) is 71.1 Å². The lowest BCUT2D eigenvalue weighted by Gasteiger charge is -2.37. The third kappa shape index (κ3) is 4.40. The second-order valence-electron chi connectivity index (χ2n) is 9.17. The van der Waals surface area contributed by atoms with Crippen molar-refractivity contribution in [2.75, 3.05) is 11.9 Å². The zero-order chi connectivity index (χ0) is 23.7. The maximum Gasteiger partial charge on any atom is 0.262 e. The maximum absolute atomic E-state index is 12.9. The normalized spacial score (nSPS) is 18.3. The molecule has 6 nitrogen and oxygen atoms in total. The van der Waals surface area contributed by atoms with Crippen LogP contribution in [-0.2, 0) is 14.4 Å². The highest BCUT2D eigenvalue weighted by Gasteiger charge is 2.40. The number of dihydropyridines is 1. The molecule has 34 heavy (non-hydrogen) atoms. The van der Waals surface area contributed by atoms with Gasteiger partial charge in [-0.2, -0.15) is 0 Å². The lowest BCUT2D eigenvalue weighted by molar-refractivity contribution is -0.118. The molecular weight excluding hydrogens is 428 g/mol. The molecule has 5 rings (SSSR count). The number of nitrogens with one attached hydrogen (secondary N) is 2. The number of hydrogen-bond donors (Lipinski definition) is 2. The fraction of sp³-hybridized carbons (Fsp3) is 0.321. The van der Waals surface area contributed by atoms with Crippen LogP contribution in [0.2, 0.25) is 0 Å². The zero-order valence-corrected chi connectivity index (χ0v) is 19.3. The molecule has 2 aromatic carbocycles. The molecule has 2 N–H and O–H groups in total. The van der Waals surface area contributed by atoms with E-state index in [1.165, 1.54) is 0 Å². The second-order valence-corrected chi connectivity index (χ2v) is 9.17. The molecule has 0 radical (unpaired) electrons. The first-order valence-corrected chi connectivity index (χ1v) is 11.9. The Morgan fingerprint density at radius 1 is 0.882 bits per heavy atom. The molecule has 3 aliphatic rings. The Kier molecular flexibility index (Phi) is 6.05. The number of benzene rings is 2. The predicted molar refractivity (Wildman–Crippen MR) is 129 cm³/mol. The summed E-state index contributed by atoms with van der Waals surface area (Å²) in [6.07, 6.45) is 4.38. The van der Waals surface area contributed by atoms with Crippen molar-refractivity contribution < 1.29 is 19.1 Å². The minimum absolute atomic E-state index is 0.109. The van der Waals surface area contributed by atoms with Crippen LogP contribution in [0.5, 0.6) is 5.75 Å². The number of amides is 1. The van der Waals surface area contributed by atoms with Crippen LogP contribution in [0.3, 0.4) is 0 Å². The average molecular weight is 457 g/mol. The Labute approximate surface area is 199 Å². The summed E-state index contributed by atoms with van der Waals surface area (Å²) in [4.78, 5) is 38.1. The molecule has 1 heterocycles. The van der Waals surface area contributed by atoms with Crippen molar-refractivity contribution in [2.45, 2.75) is 51.4 Å². The summed E-state index contributed by atoms with van der Waals surface area (Å²) in [5.41, 5.74) is 6.19. The molecule has 6 heteroatoms. The smallest absolute Gasteiger partial charge is 0.262 e. The van der Waals surface area contributed by atoms with Gasteiger partial charge in [0.2, 0.25) is 0 Å². The largest absolute Gasteiger partial charge is 0.484 e. The summed E-state index contributed by atoms with van der Waals surface area (Å²) in [7, 11) is 0. The van der Waals surface area contributed by atoms with Gasteiger partial charge in [-0.15, -0.1) is 0 Å². The van der Waals surface area contributed by atoms with E-state index in [0.717, 1.165) is 65.0 Å². The number of aryl methyl sites for hydroxylation is 1. The highest BCUT2D eigenvalue weighted by atomic mass is 16.5. The molecule has 0 spiro atoms. The molecule has 0 unspecified atom stereocenters. The number of carbonyl (C=O) groups is 3. The van der Waals surface area contributed by atoms with E-state index in [1.54, 1.807) is 12.1 Å². The summed E-state index contributed by atoms with van der Waals surface area (Å²) in [5, 5.41) is 6.25. The van der Waals surface area contributed by atoms with Gasteiger partial charge in [0.1, 0.15) is 5.75 Å². The van der Waals surface area contributed by atoms with E-state index in [4.69, 9.17) is 4.74 Å². The number of hydrogen-bond acceptors (Lipinski definition) is 5. The molecule has 2 aromatic rings. The summed E-state index contributed by atoms with van der Waals surface area (Å²) in [5.74, 6) is 0.237. The van der Waals surface area contributed by atoms with E-state index in [9.17, 15) is 14.4 Å². The first-order valence-electron chi connectivity index (χ1n) is 11.9. The van der Waals surface area contributed by atoms with Gasteiger partial charge in [0.15, 0.2) is 18.2 Å². The van der Waals surface area contributed by atoms with E-state index >= 15 is 0 Å². The number of anilines is 1. The van der Waals surface area contributed by atoms with Crippen LogP contribution in [0.25, 0.3) is 0 Å². The van der Waals surface area contributed by atoms with Gasteiger partial charge in [-0.3, -0.25) is 14.4 Å². The van der Waals surface area contributed by atoms with Gasteiger partial charge in [-0.05, 0) is 62.4 Å². The van der Waals surface area contributed by atoms with Crippen LogP contribution in [0.4, 0.5) is 5.69 Å². The lowest BCUT2D eigenvalue weighted by Crippen LogP contribution is -2.36.